The van der Waals surface area contributed by atoms with Crippen LogP contribution in [0, 0.1) is 0 Å². The van der Waals surface area contributed by atoms with Crippen molar-refractivity contribution in [2.45, 2.75) is 26.3 Å². The first-order valence-electron chi connectivity index (χ1n) is 5.00. The van der Waals surface area contributed by atoms with Crippen molar-refractivity contribution in [1.29, 1.82) is 0 Å². The average Bonchev–Trinajstić information content (AvgIpc) is 2.71. The highest BCUT2D eigenvalue weighted by molar-refractivity contribution is 7.10. The summed E-state index contributed by atoms with van der Waals surface area (Å²) < 4.78 is 0. The maximum Gasteiger partial charge on any atom is 0.140 e. The number of nitrogens with two attached hydrogens (primary N) is 1. The molecule has 4 nitrogen and oxygen atoms in total. The van der Waals surface area contributed by atoms with Gasteiger partial charge in [0.1, 0.15) is 5.84 Å². The molecule has 0 aliphatic carbocycles. The topological polar surface area (TPSA) is 70.6 Å². The summed E-state index contributed by atoms with van der Waals surface area (Å²) in [6.45, 7) is 3.75. The number of aryl methyl sites for hydroxylation is 1. The fourth-order valence-electron chi connectivity index (χ4n) is 1.31. The fraction of sp³-hybridized carbons (Fsp3) is 0.500. The molecule has 1 aromatic heterocycles. The van der Waals surface area contributed by atoms with E-state index in [0.29, 0.717) is 6.42 Å². The quantitative estimate of drug-likeness (QED) is 0.227. The van der Waals surface area contributed by atoms with Gasteiger partial charge in [-0.2, -0.15) is 0 Å². The molecule has 15 heavy (non-hydrogen) atoms. The molecule has 0 amide bonds. The molecule has 0 aliphatic heterocycles. The van der Waals surface area contributed by atoms with Crippen LogP contribution in [0.4, 0.5) is 0 Å². The Bertz CT molecular complexity index is 322. The molecule has 5 heteroatoms. The van der Waals surface area contributed by atoms with E-state index in [1.807, 2.05) is 0 Å². The Kier molecular flexibility index (Phi) is 5.14. The van der Waals surface area contributed by atoms with Gasteiger partial charge in [-0.25, -0.2) is 0 Å². The smallest absolute Gasteiger partial charge is 0.140 e. The first-order valence-corrected chi connectivity index (χ1v) is 5.88. The molecule has 0 aliphatic rings. The van der Waals surface area contributed by atoms with E-state index in [1.54, 1.807) is 11.3 Å². The van der Waals surface area contributed by atoms with Crippen molar-refractivity contribution in [3.63, 3.8) is 0 Å². The number of nitrogens with zero attached hydrogens (tertiary/aromatic N) is 1. The second kappa shape index (κ2) is 6.42. The van der Waals surface area contributed by atoms with Crippen molar-refractivity contribution in [2.75, 3.05) is 6.54 Å². The third-order valence-electron chi connectivity index (χ3n) is 2.19. The van der Waals surface area contributed by atoms with Crippen molar-refractivity contribution < 1.29 is 5.21 Å². The van der Waals surface area contributed by atoms with Crippen LogP contribution in [0.15, 0.2) is 16.6 Å². The van der Waals surface area contributed by atoms with Crippen LogP contribution in [0.1, 0.15) is 23.8 Å². The summed E-state index contributed by atoms with van der Waals surface area (Å²) in [6, 6.07) is 2.16. The number of rotatable bonds is 6. The van der Waals surface area contributed by atoms with Crippen LogP contribution >= 0.6 is 11.3 Å². The zero-order valence-corrected chi connectivity index (χ0v) is 9.68. The molecule has 1 heterocycles. The molecule has 84 valence electrons. The Morgan fingerprint density at radius 2 is 2.47 bits per heavy atom. The summed E-state index contributed by atoms with van der Waals surface area (Å²) in [7, 11) is 0. The van der Waals surface area contributed by atoms with Gasteiger partial charge in [-0.3, -0.25) is 0 Å². The molecule has 0 saturated heterocycles. The Morgan fingerprint density at radius 1 is 1.67 bits per heavy atom. The SMILES string of the molecule is CCc1ccsc1CNCCC(N)=NO. The summed E-state index contributed by atoms with van der Waals surface area (Å²) in [5.41, 5.74) is 6.75. The van der Waals surface area contributed by atoms with Gasteiger partial charge in [-0.15, -0.1) is 11.3 Å². The molecule has 0 spiro atoms. The normalized spacial score (nSPS) is 11.9. The number of hydrogen-bond donors (Lipinski definition) is 3. The van der Waals surface area contributed by atoms with E-state index in [9.17, 15) is 0 Å². The average molecular weight is 227 g/mol. The Morgan fingerprint density at radius 3 is 3.13 bits per heavy atom. The number of oxime groups is 1. The molecule has 0 unspecified atom stereocenters. The van der Waals surface area contributed by atoms with Crippen molar-refractivity contribution in [3.05, 3.63) is 21.9 Å². The van der Waals surface area contributed by atoms with Crippen LogP contribution in [0.5, 0.6) is 0 Å². The van der Waals surface area contributed by atoms with Gasteiger partial charge in [0, 0.05) is 24.4 Å². The molecule has 0 bridgehead atoms. The van der Waals surface area contributed by atoms with Crippen LogP contribution in [0.2, 0.25) is 0 Å². The third kappa shape index (κ3) is 3.89. The summed E-state index contributed by atoms with van der Waals surface area (Å²) >= 11 is 1.77. The fourth-order valence-corrected chi connectivity index (χ4v) is 2.25. The predicted octanol–water partition coefficient (Wildman–Crippen LogP) is 1.54. The van der Waals surface area contributed by atoms with E-state index in [0.717, 1.165) is 19.5 Å². The lowest BCUT2D eigenvalue weighted by atomic mass is 10.2. The molecule has 4 N–H and O–H groups in total. The van der Waals surface area contributed by atoms with Crippen LogP contribution < -0.4 is 11.1 Å². The van der Waals surface area contributed by atoms with Gasteiger partial charge in [0.25, 0.3) is 0 Å². The lowest BCUT2D eigenvalue weighted by Crippen LogP contribution is -2.21. The minimum atomic E-state index is 0.268. The second-order valence-corrected chi connectivity index (χ2v) is 4.24. The highest BCUT2D eigenvalue weighted by Crippen LogP contribution is 2.16. The van der Waals surface area contributed by atoms with Gasteiger partial charge in [0.05, 0.1) is 0 Å². The van der Waals surface area contributed by atoms with E-state index in [1.165, 1.54) is 10.4 Å². The summed E-state index contributed by atoms with van der Waals surface area (Å²) in [5, 5.41) is 16.6. The van der Waals surface area contributed by atoms with E-state index in [2.05, 4.69) is 28.8 Å². The number of amidine groups is 1. The van der Waals surface area contributed by atoms with Crippen LogP contribution in [0.25, 0.3) is 0 Å². The first kappa shape index (κ1) is 12.0. The minimum Gasteiger partial charge on any atom is -0.409 e. The highest BCUT2D eigenvalue weighted by Gasteiger charge is 2.01. The standard InChI is InChI=1S/C10H17N3OS/c1-2-8-4-6-15-9(8)7-12-5-3-10(11)13-14/h4,6,12,14H,2-3,5,7H2,1H3,(H2,11,13). The van der Waals surface area contributed by atoms with Crippen molar-refractivity contribution in [3.8, 4) is 0 Å². The summed E-state index contributed by atoms with van der Waals surface area (Å²) in [4.78, 5) is 1.37. The lowest BCUT2D eigenvalue weighted by Gasteiger charge is -2.04. The second-order valence-electron chi connectivity index (χ2n) is 3.24. The van der Waals surface area contributed by atoms with Gasteiger partial charge < -0.3 is 16.3 Å². The Hall–Kier alpha value is -1.07. The van der Waals surface area contributed by atoms with Gasteiger partial charge in [-0.05, 0) is 23.4 Å². The molecule has 0 saturated carbocycles. The van der Waals surface area contributed by atoms with E-state index in [4.69, 9.17) is 10.9 Å². The molecular formula is C10H17N3OS. The number of thiophene rings is 1. The first-order chi connectivity index (χ1) is 7.27. The van der Waals surface area contributed by atoms with Crippen molar-refractivity contribution in [2.24, 2.45) is 10.9 Å². The summed E-state index contributed by atoms with van der Waals surface area (Å²) in [5.74, 6) is 0.268. The molecule has 1 rings (SSSR count). The van der Waals surface area contributed by atoms with Gasteiger partial charge >= 0.3 is 0 Å². The molecular weight excluding hydrogens is 210 g/mol. The largest absolute Gasteiger partial charge is 0.409 e. The summed E-state index contributed by atoms with van der Waals surface area (Å²) in [6.07, 6.45) is 1.64. The monoisotopic (exact) mass is 227 g/mol. The van der Waals surface area contributed by atoms with Crippen LogP contribution in [-0.2, 0) is 13.0 Å². The minimum absolute atomic E-state index is 0.268. The van der Waals surface area contributed by atoms with E-state index < -0.39 is 0 Å². The molecule has 0 fully saturated rings. The molecule has 0 radical (unpaired) electrons. The maximum absolute atomic E-state index is 8.34. The van der Waals surface area contributed by atoms with Gasteiger partial charge in [0.2, 0.25) is 0 Å². The molecule has 1 aromatic rings. The number of nitrogens with one attached hydrogen (secondary N) is 1. The Balaban J connectivity index is 2.26. The van der Waals surface area contributed by atoms with Gasteiger partial charge in [0.15, 0.2) is 0 Å². The Labute approximate surface area is 93.8 Å². The van der Waals surface area contributed by atoms with Crippen LogP contribution in [0.3, 0.4) is 0 Å². The van der Waals surface area contributed by atoms with Crippen molar-refractivity contribution >= 4 is 17.2 Å². The predicted molar refractivity (Wildman–Crippen MR) is 63.4 cm³/mol. The lowest BCUT2D eigenvalue weighted by molar-refractivity contribution is 0.316. The zero-order valence-electron chi connectivity index (χ0n) is 8.86. The number of hydrogen-bond acceptors (Lipinski definition) is 4. The van der Waals surface area contributed by atoms with E-state index >= 15 is 0 Å². The zero-order chi connectivity index (χ0) is 11.1. The van der Waals surface area contributed by atoms with E-state index in [-0.39, 0.29) is 5.84 Å². The molecule has 0 atom stereocenters. The van der Waals surface area contributed by atoms with Crippen LogP contribution in [-0.4, -0.2) is 17.6 Å². The maximum atomic E-state index is 8.34. The third-order valence-corrected chi connectivity index (χ3v) is 3.15. The highest BCUT2D eigenvalue weighted by atomic mass is 32.1. The molecule has 0 aromatic carbocycles. The van der Waals surface area contributed by atoms with Gasteiger partial charge in [-0.1, -0.05) is 12.1 Å². The van der Waals surface area contributed by atoms with Crippen molar-refractivity contribution in [1.82, 2.24) is 5.32 Å².